The van der Waals surface area contributed by atoms with E-state index in [1.807, 2.05) is 20.8 Å². The van der Waals surface area contributed by atoms with Gasteiger partial charge in [-0.1, -0.05) is 20.8 Å². The molecular weight excluding hydrogens is 488 g/mol. The molecule has 0 saturated heterocycles. The maximum absolute atomic E-state index is 13.3. The Bertz CT molecular complexity index is 357. The largest absolute Gasteiger partial charge is 0.475 e. The Kier molecular flexibility index (Phi) is 15.8. The Morgan fingerprint density at radius 1 is 0.615 bits per heavy atom. The summed E-state index contributed by atoms with van der Waals surface area (Å²) in [6.45, 7) is 5.59. The molecule has 0 spiro atoms. The van der Waals surface area contributed by atoms with Gasteiger partial charge in [-0.2, -0.15) is 0 Å². The molecule has 0 N–H and O–H groups in total. The van der Waals surface area contributed by atoms with Crippen molar-refractivity contribution in [2.24, 2.45) is 0 Å². The minimum atomic E-state index is -3.96. The van der Waals surface area contributed by atoms with Crippen LogP contribution in [0.2, 0.25) is 0 Å². The van der Waals surface area contributed by atoms with E-state index in [4.69, 9.17) is 83.2 Å². The molecule has 0 aliphatic rings. The average molecular weight is 515 g/mol. The fourth-order valence-electron chi connectivity index (χ4n) is 2.07. The molecule has 0 heterocycles. The topological polar surface area (TPSA) is 44.8 Å². The second kappa shape index (κ2) is 14.8. The molecule has 11 heteroatoms. The van der Waals surface area contributed by atoms with Crippen LogP contribution in [0.25, 0.3) is 0 Å². The van der Waals surface area contributed by atoms with Crippen LogP contribution in [0, 0.1) is 0 Å². The van der Waals surface area contributed by atoms with Gasteiger partial charge in [-0.05, 0) is 19.3 Å². The van der Waals surface area contributed by atoms with E-state index in [-0.39, 0.29) is 19.3 Å². The van der Waals surface area contributed by atoms with Gasteiger partial charge in [0.05, 0.1) is 18.3 Å². The van der Waals surface area contributed by atoms with Gasteiger partial charge < -0.3 is 0 Å². The molecule has 0 aliphatic carbocycles. The molecule has 0 radical (unpaired) electrons. The molecule has 158 valence electrons. The normalized spacial score (nSPS) is 18.3. The fourth-order valence-corrected chi connectivity index (χ4v) is 5.21. The Balaban J connectivity index is 5.35. The second-order valence-electron chi connectivity index (χ2n) is 5.73. The smallest absolute Gasteiger partial charge is 0.283 e. The van der Waals surface area contributed by atoms with E-state index in [1.165, 1.54) is 0 Å². The minimum Gasteiger partial charge on any atom is -0.283 e. The molecule has 0 fully saturated rings. The number of halogens is 6. The van der Waals surface area contributed by atoms with Gasteiger partial charge in [0.2, 0.25) is 0 Å². The molecule has 0 aromatic carbocycles. The predicted molar refractivity (Wildman–Crippen MR) is 113 cm³/mol. The van der Waals surface area contributed by atoms with Gasteiger partial charge in [-0.25, -0.2) is 4.57 Å². The first kappa shape index (κ1) is 27.8. The summed E-state index contributed by atoms with van der Waals surface area (Å²) in [5.41, 5.74) is 0. The summed E-state index contributed by atoms with van der Waals surface area (Å²) in [4.78, 5) is -1.99. The van der Waals surface area contributed by atoms with Crippen molar-refractivity contribution in [1.82, 2.24) is 0 Å². The first-order valence-electron chi connectivity index (χ1n) is 8.54. The fraction of sp³-hybridized carbons (Fsp3) is 1.00. The molecule has 0 rings (SSSR count). The SMILES string of the molecule is CCC(CC(Cl)Cl)OP(=O)(OC(CC)CC(Cl)Cl)OC(CC)CC(Cl)Cl. The molecule has 0 saturated carbocycles. The van der Waals surface area contributed by atoms with Crippen LogP contribution < -0.4 is 0 Å². The Labute approximate surface area is 187 Å². The van der Waals surface area contributed by atoms with Gasteiger partial charge in [0, 0.05) is 19.3 Å². The number of phosphoric ester groups is 1. The lowest BCUT2D eigenvalue weighted by atomic mass is 10.2. The Morgan fingerprint density at radius 2 is 0.846 bits per heavy atom. The highest BCUT2D eigenvalue weighted by atomic mass is 35.5. The van der Waals surface area contributed by atoms with Gasteiger partial charge in [0.25, 0.3) is 0 Å². The van der Waals surface area contributed by atoms with Gasteiger partial charge >= 0.3 is 7.82 Å². The highest BCUT2D eigenvalue weighted by Gasteiger charge is 2.37. The summed E-state index contributed by atoms with van der Waals surface area (Å²) < 4.78 is 30.4. The zero-order valence-corrected chi connectivity index (χ0v) is 20.5. The molecule has 0 aromatic rings. The van der Waals surface area contributed by atoms with Crippen LogP contribution in [-0.4, -0.2) is 32.8 Å². The quantitative estimate of drug-likeness (QED) is 0.164. The number of rotatable bonds is 15. The summed E-state index contributed by atoms with van der Waals surface area (Å²) >= 11 is 35.0. The monoisotopic (exact) mass is 512 g/mol. The maximum atomic E-state index is 13.3. The van der Waals surface area contributed by atoms with Crippen molar-refractivity contribution >= 4 is 77.4 Å². The number of hydrogen-bond acceptors (Lipinski definition) is 4. The zero-order valence-electron chi connectivity index (χ0n) is 15.1. The lowest BCUT2D eigenvalue weighted by Crippen LogP contribution is -2.23. The van der Waals surface area contributed by atoms with Crippen LogP contribution >= 0.6 is 77.4 Å². The van der Waals surface area contributed by atoms with Gasteiger partial charge in [0.1, 0.15) is 14.5 Å². The molecule has 0 amide bonds. The van der Waals surface area contributed by atoms with E-state index >= 15 is 0 Å². The van der Waals surface area contributed by atoms with E-state index in [0.29, 0.717) is 19.3 Å². The van der Waals surface area contributed by atoms with Crippen molar-refractivity contribution in [2.75, 3.05) is 0 Å². The Hall–Kier alpha value is 1.85. The molecule has 4 nitrogen and oxygen atoms in total. The van der Waals surface area contributed by atoms with Crippen molar-refractivity contribution in [1.29, 1.82) is 0 Å². The Morgan fingerprint density at radius 3 is 1.00 bits per heavy atom. The zero-order chi connectivity index (χ0) is 20.3. The summed E-state index contributed by atoms with van der Waals surface area (Å²) in [6, 6.07) is 0. The maximum Gasteiger partial charge on any atom is 0.475 e. The highest BCUT2D eigenvalue weighted by molar-refractivity contribution is 7.48. The van der Waals surface area contributed by atoms with Crippen molar-refractivity contribution in [2.45, 2.75) is 92.1 Å². The standard InChI is InChI=1S/C15H27Cl6O4P/c1-4-10(7-13(16)17)23-26(22,24-11(5-2)8-14(18)19)25-12(6-3)9-15(20)21/h10-15H,4-9H2,1-3H3. The molecule has 0 aliphatic heterocycles. The van der Waals surface area contributed by atoms with Crippen LogP contribution in [0.4, 0.5) is 0 Å². The third-order valence-electron chi connectivity index (χ3n) is 3.52. The lowest BCUT2D eigenvalue weighted by molar-refractivity contribution is 0.0244. The summed E-state index contributed by atoms with van der Waals surface area (Å²) in [5.74, 6) is 0. The first-order valence-corrected chi connectivity index (χ1v) is 12.6. The van der Waals surface area contributed by atoms with Crippen molar-refractivity contribution in [3.8, 4) is 0 Å². The summed E-state index contributed by atoms with van der Waals surface area (Å²) in [6.07, 6.45) is 0.941. The van der Waals surface area contributed by atoms with Crippen molar-refractivity contribution in [3.05, 3.63) is 0 Å². The van der Waals surface area contributed by atoms with Crippen LogP contribution in [0.5, 0.6) is 0 Å². The van der Waals surface area contributed by atoms with E-state index in [0.717, 1.165) is 0 Å². The van der Waals surface area contributed by atoms with Gasteiger partial charge in [-0.3, -0.25) is 13.6 Å². The predicted octanol–water partition coefficient (Wildman–Crippen LogP) is 8.06. The number of phosphoric acid groups is 1. The molecule has 0 aromatic heterocycles. The van der Waals surface area contributed by atoms with E-state index < -0.39 is 40.6 Å². The van der Waals surface area contributed by atoms with Gasteiger partial charge in [-0.15, -0.1) is 69.6 Å². The molecule has 3 unspecified atom stereocenters. The first-order chi connectivity index (χ1) is 12.0. The summed E-state index contributed by atoms with van der Waals surface area (Å²) in [7, 11) is -3.96. The van der Waals surface area contributed by atoms with E-state index in [2.05, 4.69) is 0 Å². The van der Waals surface area contributed by atoms with Crippen molar-refractivity contribution < 1.29 is 18.1 Å². The number of hydrogen-bond donors (Lipinski definition) is 0. The van der Waals surface area contributed by atoms with Crippen LogP contribution in [0.1, 0.15) is 59.3 Å². The van der Waals surface area contributed by atoms with E-state index in [1.54, 1.807) is 0 Å². The van der Waals surface area contributed by atoms with E-state index in [9.17, 15) is 4.57 Å². The molecule has 3 atom stereocenters. The highest BCUT2D eigenvalue weighted by Crippen LogP contribution is 2.55. The number of alkyl halides is 6. The molecule has 26 heavy (non-hydrogen) atoms. The third kappa shape index (κ3) is 13.1. The molecule has 0 bridgehead atoms. The summed E-state index contributed by atoms with van der Waals surface area (Å²) in [5, 5.41) is 0. The minimum absolute atomic E-state index is 0.283. The lowest BCUT2D eigenvalue weighted by Gasteiger charge is -2.30. The second-order valence-corrected chi connectivity index (χ2v) is 11.1. The van der Waals surface area contributed by atoms with Crippen LogP contribution in [-0.2, 0) is 18.1 Å². The van der Waals surface area contributed by atoms with Gasteiger partial charge in [0.15, 0.2) is 0 Å². The van der Waals surface area contributed by atoms with Crippen molar-refractivity contribution in [3.63, 3.8) is 0 Å². The average Bonchev–Trinajstić information content (AvgIpc) is 2.51. The van der Waals surface area contributed by atoms with Crippen LogP contribution in [0.3, 0.4) is 0 Å². The van der Waals surface area contributed by atoms with Crippen LogP contribution in [0.15, 0.2) is 0 Å². The third-order valence-corrected chi connectivity index (χ3v) is 6.26. The molecular formula is C15H27Cl6O4P.